The van der Waals surface area contributed by atoms with Crippen molar-refractivity contribution in [1.29, 1.82) is 0 Å². The Morgan fingerprint density at radius 2 is 1.71 bits per heavy atom. The van der Waals surface area contributed by atoms with Crippen LogP contribution in [-0.4, -0.2) is 30.6 Å². The zero-order chi connectivity index (χ0) is 21.5. The fourth-order valence-electron chi connectivity index (χ4n) is 3.45. The maximum Gasteiger partial charge on any atom is 0.233 e. The summed E-state index contributed by atoms with van der Waals surface area (Å²) in [6.07, 6.45) is 3.64. The summed E-state index contributed by atoms with van der Waals surface area (Å²) in [7, 11) is -3.48. The Morgan fingerprint density at radius 3 is 2.58 bits per heavy atom. The van der Waals surface area contributed by atoms with Crippen molar-refractivity contribution >= 4 is 26.5 Å². The first-order valence-electron chi connectivity index (χ1n) is 10.2. The lowest BCUT2D eigenvalue weighted by atomic mass is 10.0. The van der Waals surface area contributed by atoms with Crippen LogP contribution in [0, 0.1) is 0 Å². The SMILES string of the molecule is O=S(=O)(CCc1cccc2ccccc12)Nc1cnn(CCOCc2ccccc2)c1. The Balaban J connectivity index is 1.28. The minimum atomic E-state index is -3.48. The molecule has 160 valence electrons. The standard InChI is InChI=1S/C24H25N3O3S/c28-31(29,16-13-22-11-6-10-21-9-4-5-12-24(21)22)26-23-17-25-27(18-23)14-15-30-19-20-7-2-1-3-8-20/h1-12,17-18,26H,13-16,19H2. The molecule has 0 aliphatic carbocycles. The quantitative estimate of drug-likeness (QED) is 0.378. The van der Waals surface area contributed by atoms with Gasteiger partial charge in [-0.3, -0.25) is 9.40 Å². The van der Waals surface area contributed by atoms with E-state index in [1.165, 1.54) is 6.20 Å². The highest BCUT2D eigenvalue weighted by atomic mass is 32.2. The number of aryl methyl sites for hydroxylation is 1. The molecule has 1 heterocycles. The molecule has 0 saturated carbocycles. The van der Waals surface area contributed by atoms with Crippen molar-refractivity contribution in [3.05, 3.63) is 96.3 Å². The first-order valence-corrected chi connectivity index (χ1v) is 11.9. The van der Waals surface area contributed by atoms with Crippen LogP contribution in [0.5, 0.6) is 0 Å². The van der Waals surface area contributed by atoms with Crippen molar-refractivity contribution in [3.63, 3.8) is 0 Å². The van der Waals surface area contributed by atoms with Crippen LogP contribution in [0.4, 0.5) is 5.69 Å². The number of sulfonamides is 1. The number of hydrogen-bond acceptors (Lipinski definition) is 4. The fourth-order valence-corrected chi connectivity index (χ4v) is 4.50. The summed E-state index contributed by atoms with van der Waals surface area (Å²) >= 11 is 0. The normalized spacial score (nSPS) is 11.6. The number of nitrogens with one attached hydrogen (secondary N) is 1. The summed E-state index contributed by atoms with van der Waals surface area (Å²) in [6, 6.07) is 23.9. The molecule has 4 aromatic rings. The minimum absolute atomic E-state index is 0.00632. The van der Waals surface area contributed by atoms with E-state index in [-0.39, 0.29) is 5.75 Å². The Bertz CT molecular complexity index is 1230. The average molecular weight is 436 g/mol. The second-order valence-corrected chi connectivity index (χ2v) is 9.18. The summed E-state index contributed by atoms with van der Waals surface area (Å²) in [5.41, 5.74) is 2.60. The number of fused-ring (bicyclic) bond motifs is 1. The molecule has 0 fully saturated rings. The first kappa shape index (κ1) is 21.1. The van der Waals surface area contributed by atoms with Gasteiger partial charge in [-0.1, -0.05) is 72.8 Å². The fraction of sp³-hybridized carbons (Fsp3) is 0.208. The van der Waals surface area contributed by atoms with Gasteiger partial charge in [0.1, 0.15) is 0 Å². The number of nitrogens with zero attached hydrogens (tertiary/aromatic N) is 2. The van der Waals surface area contributed by atoms with Gasteiger partial charge in [0.2, 0.25) is 10.0 Å². The Labute approximate surface area is 182 Å². The Kier molecular flexibility index (Phi) is 6.64. The molecule has 7 heteroatoms. The lowest BCUT2D eigenvalue weighted by molar-refractivity contribution is 0.111. The van der Waals surface area contributed by atoms with E-state index in [9.17, 15) is 8.42 Å². The smallest absolute Gasteiger partial charge is 0.233 e. The van der Waals surface area contributed by atoms with Crippen molar-refractivity contribution in [2.24, 2.45) is 0 Å². The molecule has 0 aliphatic rings. The van der Waals surface area contributed by atoms with E-state index in [2.05, 4.69) is 9.82 Å². The van der Waals surface area contributed by atoms with E-state index < -0.39 is 10.0 Å². The maximum atomic E-state index is 12.6. The summed E-state index contributed by atoms with van der Waals surface area (Å²) in [6.45, 7) is 1.57. The summed E-state index contributed by atoms with van der Waals surface area (Å²) in [5, 5.41) is 6.41. The number of aromatic nitrogens is 2. The van der Waals surface area contributed by atoms with E-state index in [4.69, 9.17) is 4.74 Å². The molecular formula is C24H25N3O3S. The highest BCUT2D eigenvalue weighted by molar-refractivity contribution is 7.92. The molecule has 0 unspecified atom stereocenters. The molecule has 31 heavy (non-hydrogen) atoms. The van der Waals surface area contributed by atoms with Gasteiger partial charge in [0, 0.05) is 6.20 Å². The number of rotatable bonds is 10. The first-order chi connectivity index (χ1) is 15.1. The molecule has 3 aromatic carbocycles. The third-order valence-corrected chi connectivity index (χ3v) is 6.29. The summed E-state index contributed by atoms with van der Waals surface area (Å²) in [4.78, 5) is 0. The molecule has 0 spiro atoms. The van der Waals surface area contributed by atoms with E-state index in [0.717, 1.165) is 21.9 Å². The number of hydrogen-bond donors (Lipinski definition) is 1. The van der Waals surface area contributed by atoms with Crippen molar-refractivity contribution in [3.8, 4) is 0 Å². The van der Waals surface area contributed by atoms with Crippen LogP contribution in [0.1, 0.15) is 11.1 Å². The van der Waals surface area contributed by atoms with Crippen LogP contribution in [-0.2, 0) is 34.3 Å². The zero-order valence-electron chi connectivity index (χ0n) is 17.1. The van der Waals surface area contributed by atoms with Crippen molar-refractivity contribution in [2.45, 2.75) is 19.6 Å². The van der Waals surface area contributed by atoms with Crippen LogP contribution in [0.3, 0.4) is 0 Å². The van der Waals surface area contributed by atoms with Crippen LogP contribution in [0.15, 0.2) is 85.2 Å². The largest absolute Gasteiger partial charge is 0.375 e. The molecule has 6 nitrogen and oxygen atoms in total. The number of ether oxygens (including phenoxy) is 1. The predicted octanol–water partition coefficient (Wildman–Crippen LogP) is 4.24. The van der Waals surface area contributed by atoms with Gasteiger partial charge in [-0.05, 0) is 28.3 Å². The summed E-state index contributed by atoms with van der Waals surface area (Å²) in [5.74, 6) is 0.00632. The molecule has 0 atom stereocenters. The van der Waals surface area contributed by atoms with Gasteiger partial charge in [0.05, 0.1) is 37.4 Å². The van der Waals surface area contributed by atoms with Gasteiger partial charge in [0.25, 0.3) is 0 Å². The average Bonchev–Trinajstić information content (AvgIpc) is 3.22. The molecule has 0 saturated heterocycles. The number of anilines is 1. The Hall–Kier alpha value is -3.16. The molecule has 0 aliphatic heterocycles. The maximum absolute atomic E-state index is 12.6. The van der Waals surface area contributed by atoms with Crippen LogP contribution < -0.4 is 4.72 Å². The topological polar surface area (TPSA) is 73.2 Å². The van der Waals surface area contributed by atoms with Crippen LogP contribution in [0.25, 0.3) is 10.8 Å². The summed E-state index contributed by atoms with van der Waals surface area (Å²) < 4.78 is 35.1. The minimum Gasteiger partial charge on any atom is -0.375 e. The molecule has 1 aromatic heterocycles. The van der Waals surface area contributed by atoms with Gasteiger partial charge in [-0.15, -0.1) is 0 Å². The van der Waals surface area contributed by atoms with E-state index in [0.29, 0.717) is 31.9 Å². The third kappa shape index (κ3) is 5.93. The van der Waals surface area contributed by atoms with Crippen molar-refractivity contribution in [2.75, 3.05) is 17.1 Å². The predicted molar refractivity (Wildman–Crippen MR) is 123 cm³/mol. The lowest BCUT2D eigenvalue weighted by Gasteiger charge is -2.08. The number of benzene rings is 3. The monoisotopic (exact) mass is 435 g/mol. The molecule has 0 amide bonds. The third-order valence-electron chi connectivity index (χ3n) is 5.00. The van der Waals surface area contributed by atoms with E-state index in [1.54, 1.807) is 10.9 Å². The van der Waals surface area contributed by atoms with Crippen molar-refractivity contribution in [1.82, 2.24) is 9.78 Å². The highest BCUT2D eigenvalue weighted by Gasteiger charge is 2.13. The van der Waals surface area contributed by atoms with Gasteiger partial charge in [-0.2, -0.15) is 5.10 Å². The van der Waals surface area contributed by atoms with E-state index >= 15 is 0 Å². The van der Waals surface area contributed by atoms with Crippen LogP contribution >= 0.6 is 0 Å². The highest BCUT2D eigenvalue weighted by Crippen LogP contribution is 2.19. The Morgan fingerprint density at radius 1 is 0.935 bits per heavy atom. The van der Waals surface area contributed by atoms with Crippen molar-refractivity contribution < 1.29 is 13.2 Å². The molecular weight excluding hydrogens is 410 g/mol. The molecule has 4 rings (SSSR count). The molecule has 0 radical (unpaired) electrons. The second-order valence-electron chi connectivity index (χ2n) is 7.34. The molecule has 0 bridgehead atoms. The second kappa shape index (κ2) is 9.76. The van der Waals surface area contributed by atoms with Gasteiger partial charge < -0.3 is 4.74 Å². The zero-order valence-corrected chi connectivity index (χ0v) is 18.0. The van der Waals surface area contributed by atoms with Gasteiger partial charge >= 0.3 is 0 Å². The lowest BCUT2D eigenvalue weighted by Crippen LogP contribution is -2.18. The van der Waals surface area contributed by atoms with Gasteiger partial charge in [0.15, 0.2) is 0 Å². The molecule has 1 N–H and O–H groups in total. The van der Waals surface area contributed by atoms with E-state index in [1.807, 2.05) is 72.8 Å². The van der Waals surface area contributed by atoms with Gasteiger partial charge in [-0.25, -0.2) is 8.42 Å². The van der Waals surface area contributed by atoms with Crippen LogP contribution in [0.2, 0.25) is 0 Å².